The van der Waals surface area contributed by atoms with Crippen molar-refractivity contribution in [3.05, 3.63) is 100 Å². The first-order valence-corrected chi connectivity index (χ1v) is 12.1. The van der Waals surface area contributed by atoms with E-state index in [4.69, 9.17) is 4.98 Å². The number of halogens is 1. The minimum Gasteiger partial charge on any atom is -0.352 e. The lowest BCUT2D eigenvalue weighted by molar-refractivity contribution is -0.131. The maximum Gasteiger partial charge on any atom is 0.251 e. The summed E-state index contributed by atoms with van der Waals surface area (Å²) in [4.78, 5) is 31.9. The average molecular weight is 519 g/mol. The van der Waals surface area contributed by atoms with Crippen molar-refractivity contribution in [1.29, 1.82) is 0 Å². The number of fused-ring (bicyclic) bond motifs is 1. The van der Waals surface area contributed by atoms with Crippen LogP contribution in [-0.4, -0.2) is 39.9 Å². The van der Waals surface area contributed by atoms with E-state index in [2.05, 4.69) is 21.2 Å². The van der Waals surface area contributed by atoms with Crippen LogP contribution in [0.1, 0.15) is 28.2 Å². The normalized spacial score (nSPS) is 10.9. The molecule has 0 saturated heterocycles. The number of hydrogen-bond donors (Lipinski definition) is 1. The third-order valence-corrected chi connectivity index (χ3v) is 6.21. The summed E-state index contributed by atoms with van der Waals surface area (Å²) in [6, 6.07) is 25.1. The van der Waals surface area contributed by atoms with Crippen LogP contribution in [0.5, 0.6) is 0 Å². The van der Waals surface area contributed by atoms with Gasteiger partial charge in [-0.3, -0.25) is 9.59 Å². The van der Waals surface area contributed by atoms with E-state index in [1.807, 2.05) is 78.3 Å². The summed E-state index contributed by atoms with van der Waals surface area (Å²) in [6.07, 6.45) is 1.38. The fourth-order valence-electron chi connectivity index (χ4n) is 3.85. The molecule has 4 rings (SSSR count). The molecule has 3 aromatic carbocycles. The van der Waals surface area contributed by atoms with Gasteiger partial charge in [0.1, 0.15) is 12.4 Å². The number of imidazole rings is 1. The molecule has 1 aromatic heterocycles. The summed E-state index contributed by atoms with van der Waals surface area (Å²) < 4.78 is 2.93. The number of nitrogens with zero attached hydrogens (tertiary/aromatic N) is 3. The van der Waals surface area contributed by atoms with Crippen LogP contribution in [0.2, 0.25) is 0 Å². The molecule has 174 valence electrons. The monoisotopic (exact) mass is 518 g/mol. The Hall–Kier alpha value is -3.45. The number of nitrogens with one attached hydrogen (secondary N) is 1. The minimum atomic E-state index is -0.0984. The standard InChI is InChI=1S/C27H27BrN4O2/c1-31(18-20-8-3-2-4-9-20)26(33)19-32-24-11-6-5-10-23(24)30-25(32)12-7-17-29-27(34)21-13-15-22(28)16-14-21/h2-6,8-11,13-16H,7,12,17-19H2,1H3,(H,29,34). The minimum absolute atomic E-state index is 0.0248. The molecule has 0 fully saturated rings. The van der Waals surface area contributed by atoms with Gasteiger partial charge in [-0.2, -0.15) is 0 Å². The summed E-state index contributed by atoms with van der Waals surface area (Å²) in [5.74, 6) is 0.774. The van der Waals surface area contributed by atoms with Crippen LogP contribution < -0.4 is 5.32 Å². The third-order valence-electron chi connectivity index (χ3n) is 5.68. The first-order valence-electron chi connectivity index (χ1n) is 11.3. The highest BCUT2D eigenvalue weighted by Gasteiger charge is 2.16. The van der Waals surface area contributed by atoms with Gasteiger partial charge in [0.05, 0.1) is 11.0 Å². The molecule has 0 aliphatic carbocycles. The zero-order valence-corrected chi connectivity index (χ0v) is 20.7. The van der Waals surface area contributed by atoms with E-state index >= 15 is 0 Å². The van der Waals surface area contributed by atoms with Gasteiger partial charge in [0.25, 0.3) is 5.91 Å². The smallest absolute Gasteiger partial charge is 0.251 e. The number of aryl methyl sites for hydroxylation is 1. The Morgan fingerprint density at radius 3 is 2.44 bits per heavy atom. The Balaban J connectivity index is 1.40. The molecule has 0 aliphatic heterocycles. The van der Waals surface area contributed by atoms with E-state index in [-0.39, 0.29) is 18.4 Å². The van der Waals surface area contributed by atoms with Crippen LogP contribution in [0.25, 0.3) is 11.0 Å². The molecule has 0 spiro atoms. The lowest BCUT2D eigenvalue weighted by Gasteiger charge is -2.19. The Morgan fingerprint density at radius 2 is 1.68 bits per heavy atom. The summed E-state index contributed by atoms with van der Waals surface area (Å²) >= 11 is 3.38. The summed E-state index contributed by atoms with van der Waals surface area (Å²) in [6.45, 7) is 1.31. The average Bonchev–Trinajstić information content (AvgIpc) is 3.20. The van der Waals surface area contributed by atoms with Gasteiger partial charge in [-0.25, -0.2) is 4.98 Å². The molecule has 2 amide bonds. The SMILES string of the molecule is CN(Cc1ccccc1)C(=O)Cn1c(CCCNC(=O)c2ccc(Br)cc2)nc2ccccc21. The second-order valence-corrected chi connectivity index (χ2v) is 9.12. The number of carbonyl (C=O) groups is 2. The summed E-state index contributed by atoms with van der Waals surface area (Å²) in [5.41, 5.74) is 3.53. The largest absolute Gasteiger partial charge is 0.352 e. The topological polar surface area (TPSA) is 67.2 Å². The third kappa shape index (κ3) is 5.91. The molecule has 0 bridgehead atoms. The molecule has 0 unspecified atom stereocenters. The van der Waals surface area contributed by atoms with Crippen LogP contribution in [0.3, 0.4) is 0 Å². The number of rotatable bonds is 9. The van der Waals surface area contributed by atoms with Crippen molar-refractivity contribution in [3.8, 4) is 0 Å². The van der Waals surface area contributed by atoms with Gasteiger partial charge >= 0.3 is 0 Å². The van der Waals surface area contributed by atoms with Crippen molar-refractivity contribution in [2.24, 2.45) is 0 Å². The number of aromatic nitrogens is 2. The summed E-state index contributed by atoms with van der Waals surface area (Å²) in [7, 11) is 1.83. The number of para-hydroxylation sites is 2. The number of hydrogen-bond acceptors (Lipinski definition) is 3. The van der Waals surface area contributed by atoms with E-state index in [0.29, 0.717) is 25.1 Å². The fraction of sp³-hybridized carbons (Fsp3) is 0.222. The highest BCUT2D eigenvalue weighted by Crippen LogP contribution is 2.18. The van der Waals surface area contributed by atoms with Crippen LogP contribution in [0.15, 0.2) is 83.3 Å². The van der Waals surface area contributed by atoms with Crippen LogP contribution in [-0.2, 0) is 24.3 Å². The maximum absolute atomic E-state index is 13.0. The van der Waals surface area contributed by atoms with Gasteiger partial charge in [0, 0.05) is 36.6 Å². The van der Waals surface area contributed by atoms with Gasteiger partial charge < -0.3 is 14.8 Å². The van der Waals surface area contributed by atoms with E-state index in [0.717, 1.165) is 33.3 Å². The molecule has 0 radical (unpaired) electrons. The molecule has 1 heterocycles. The number of likely N-dealkylation sites (N-methyl/N-ethyl adjacent to an activating group) is 1. The van der Waals surface area contributed by atoms with E-state index in [9.17, 15) is 9.59 Å². The molecule has 0 saturated carbocycles. The van der Waals surface area contributed by atoms with Gasteiger partial charge in [0.15, 0.2) is 0 Å². The zero-order valence-electron chi connectivity index (χ0n) is 19.1. The molecule has 34 heavy (non-hydrogen) atoms. The lowest BCUT2D eigenvalue weighted by atomic mass is 10.2. The zero-order chi connectivity index (χ0) is 23.9. The fourth-order valence-corrected chi connectivity index (χ4v) is 4.11. The van der Waals surface area contributed by atoms with Crippen LogP contribution >= 0.6 is 15.9 Å². The highest BCUT2D eigenvalue weighted by atomic mass is 79.9. The van der Waals surface area contributed by atoms with Crippen molar-refractivity contribution in [2.45, 2.75) is 25.9 Å². The van der Waals surface area contributed by atoms with Gasteiger partial charge in [-0.05, 0) is 48.4 Å². The van der Waals surface area contributed by atoms with E-state index in [1.165, 1.54) is 0 Å². The Morgan fingerprint density at radius 1 is 0.971 bits per heavy atom. The number of amides is 2. The van der Waals surface area contributed by atoms with Crippen molar-refractivity contribution in [2.75, 3.05) is 13.6 Å². The number of benzene rings is 3. The number of carbonyl (C=O) groups excluding carboxylic acids is 2. The quantitative estimate of drug-likeness (QED) is 0.323. The van der Waals surface area contributed by atoms with Crippen molar-refractivity contribution < 1.29 is 9.59 Å². The summed E-state index contributed by atoms with van der Waals surface area (Å²) in [5, 5.41) is 2.96. The Kier molecular flexibility index (Phi) is 7.75. The molecular formula is C27H27BrN4O2. The molecule has 6 nitrogen and oxygen atoms in total. The molecule has 0 aliphatic rings. The van der Waals surface area contributed by atoms with Crippen molar-refractivity contribution >= 4 is 38.8 Å². The molecule has 7 heteroatoms. The Labute approximate surface area is 207 Å². The molecule has 1 N–H and O–H groups in total. The predicted octanol–water partition coefficient (Wildman–Crippen LogP) is 4.82. The molecular weight excluding hydrogens is 492 g/mol. The first kappa shape index (κ1) is 23.7. The Bertz CT molecular complexity index is 1270. The second kappa shape index (κ2) is 11.1. The van der Waals surface area contributed by atoms with E-state index < -0.39 is 0 Å². The maximum atomic E-state index is 13.0. The first-order chi connectivity index (χ1) is 16.5. The van der Waals surface area contributed by atoms with Crippen LogP contribution in [0, 0.1) is 0 Å². The van der Waals surface area contributed by atoms with Crippen molar-refractivity contribution in [3.63, 3.8) is 0 Å². The van der Waals surface area contributed by atoms with Gasteiger partial charge in [-0.1, -0.05) is 58.4 Å². The lowest BCUT2D eigenvalue weighted by Crippen LogP contribution is -2.30. The molecule has 0 atom stereocenters. The van der Waals surface area contributed by atoms with Gasteiger partial charge in [-0.15, -0.1) is 0 Å². The van der Waals surface area contributed by atoms with E-state index in [1.54, 1.807) is 17.0 Å². The van der Waals surface area contributed by atoms with Crippen LogP contribution in [0.4, 0.5) is 0 Å². The predicted molar refractivity (Wildman–Crippen MR) is 137 cm³/mol. The second-order valence-electron chi connectivity index (χ2n) is 8.20. The van der Waals surface area contributed by atoms with Crippen molar-refractivity contribution in [1.82, 2.24) is 19.8 Å². The van der Waals surface area contributed by atoms with Gasteiger partial charge in [0.2, 0.25) is 5.91 Å². The highest BCUT2D eigenvalue weighted by molar-refractivity contribution is 9.10. The molecule has 4 aromatic rings.